The first kappa shape index (κ1) is 14.0. The van der Waals surface area contributed by atoms with Crippen molar-refractivity contribution >= 4 is 11.8 Å². The van der Waals surface area contributed by atoms with Gasteiger partial charge in [0.2, 0.25) is 11.8 Å². The average molecular weight is 241 g/mol. The van der Waals surface area contributed by atoms with Crippen molar-refractivity contribution in [2.24, 2.45) is 11.1 Å². The molecule has 98 valence electrons. The molecule has 0 unspecified atom stereocenters. The topological polar surface area (TPSA) is 84.2 Å². The molecule has 1 aliphatic rings. The fourth-order valence-corrected chi connectivity index (χ4v) is 2.34. The van der Waals surface area contributed by atoms with Crippen LogP contribution in [-0.2, 0) is 9.59 Å². The van der Waals surface area contributed by atoms with E-state index in [1.54, 1.807) is 0 Å². The zero-order valence-electron chi connectivity index (χ0n) is 10.6. The average Bonchev–Trinajstić information content (AvgIpc) is 2.79. The molecule has 0 atom stereocenters. The monoisotopic (exact) mass is 241 g/mol. The third kappa shape index (κ3) is 3.70. The fraction of sp³-hybridized carbons (Fsp3) is 0.833. The normalized spacial score (nSPS) is 17.8. The molecule has 0 aromatic heterocycles. The zero-order chi connectivity index (χ0) is 12.7. The van der Waals surface area contributed by atoms with Gasteiger partial charge in [0.05, 0.1) is 5.41 Å². The lowest BCUT2D eigenvalue weighted by molar-refractivity contribution is -0.130. The Morgan fingerprint density at radius 3 is 2.41 bits per heavy atom. The largest absolute Gasteiger partial charge is 0.356 e. The molecule has 4 N–H and O–H groups in total. The maximum absolute atomic E-state index is 12.0. The van der Waals surface area contributed by atoms with Crippen molar-refractivity contribution in [3.63, 3.8) is 0 Å². The summed E-state index contributed by atoms with van der Waals surface area (Å²) in [5, 5.41) is 5.52. The van der Waals surface area contributed by atoms with Crippen LogP contribution in [0.4, 0.5) is 0 Å². The molecule has 2 amide bonds. The van der Waals surface area contributed by atoms with Crippen molar-refractivity contribution in [3.8, 4) is 0 Å². The summed E-state index contributed by atoms with van der Waals surface area (Å²) in [5.41, 5.74) is 5.34. The van der Waals surface area contributed by atoms with E-state index in [0.29, 0.717) is 26.1 Å². The molecule has 5 nitrogen and oxygen atoms in total. The van der Waals surface area contributed by atoms with Crippen molar-refractivity contribution in [1.29, 1.82) is 0 Å². The van der Waals surface area contributed by atoms with Crippen LogP contribution in [0.25, 0.3) is 0 Å². The summed E-state index contributed by atoms with van der Waals surface area (Å²) in [6, 6.07) is 0. The molecule has 1 saturated carbocycles. The van der Waals surface area contributed by atoms with Crippen LogP contribution < -0.4 is 16.4 Å². The third-order valence-electron chi connectivity index (χ3n) is 3.44. The van der Waals surface area contributed by atoms with E-state index in [2.05, 4.69) is 10.6 Å². The van der Waals surface area contributed by atoms with Gasteiger partial charge < -0.3 is 16.4 Å². The second kappa shape index (κ2) is 6.59. The van der Waals surface area contributed by atoms with Crippen LogP contribution in [0.2, 0.25) is 0 Å². The number of hydrogen-bond acceptors (Lipinski definition) is 3. The minimum atomic E-state index is -0.374. The molecule has 17 heavy (non-hydrogen) atoms. The first-order chi connectivity index (χ1) is 8.14. The van der Waals surface area contributed by atoms with E-state index in [0.717, 1.165) is 25.7 Å². The van der Waals surface area contributed by atoms with Gasteiger partial charge in [-0.2, -0.15) is 0 Å². The standard InChI is InChI=1S/C12H23N3O2/c1-2-14-10(16)5-8-15-11(17)12(9-13)6-3-4-7-12/h2-9,13H2,1H3,(H,14,16)(H,15,17). The van der Waals surface area contributed by atoms with Crippen molar-refractivity contribution in [3.05, 3.63) is 0 Å². The number of rotatable bonds is 6. The lowest BCUT2D eigenvalue weighted by Crippen LogP contribution is -2.45. The molecule has 0 saturated heterocycles. The Morgan fingerprint density at radius 1 is 1.24 bits per heavy atom. The van der Waals surface area contributed by atoms with Crippen LogP contribution in [0, 0.1) is 5.41 Å². The maximum atomic E-state index is 12.0. The van der Waals surface area contributed by atoms with Crippen LogP contribution in [0.1, 0.15) is 39.0 Å². The third-order valence-corrected chi connectivity index (χ3v) is 3.44. The van der Waals surface area contributed by atoms with Crippen LogP contribution >= 0.6 is 0 Å². The minimum absolute atomic E-state index is 0.0156. The van der Waals surface area contributed by atoms with Crippen LogP contribution in [0.15, 0.2) is 0 Å². The van der Waals surface area contributed by atoms with Crippen LogP contribution in [0.3, 0.4) is 0 Å². The molecule has 0 radical (unpaired) electrons. The highest BCUT2D eigenvalue weighted by molar-refractivity contribution is 5.84. The van der Waals surface area contributed by atoms with E-state index in [9.17, 15) is 9.59 Å². The van der Waals surface area contributed by atoms with Gasteiger partial charge in [-0.25, -0.2) is 0 Å². The molecule has 0 bridgehead atoms. The van der Waals surface area contributed by atoms with Crippen molar-refractivity contribution in [1.82, 2.24) is 10.6 Å². The lowest BCUT2D eigenvalue weighted by atomic mass is 9.85. The highest BCUT2D eigenvalue weighted by Gasteiger charge is 2.39. The van der Waals surface area contributed by atoms with E-state index in [-0.39, 0.29) is 17.2 Å². The number of nitrogens with one attached hydrogen (secondary N) is 2. The first-order valence-electron chi connectivity index (χ1n) is 6.39. The Morgan fingerprint density at radius 2 is 1.88 bits per heavy atom. The van der Waals surface area contributed by atoms with Gasteiger partial charge in [-0.1, -0.05) is 12.8 Å². The van der Waals surface area contributed by atoms with Gasteiger partial charge in [0.25, 0.3) is 0 Å². The van der Waals surface area contributed by atoms with Crippen LogP contribution in [-0.4, -0.2) is 31.4 Å². The summed E-state index contributed by atoms with van der Waals surface area (Å²) in [5.74, 6) is -0.0113. The number of amides is 2. The highest BCUT2D eigenvalue weighted by atomic mass is 16.2. The predicted molar refractivity (Wildman–Crippen MR) is 66.3 cm³/mol. The van der Waals surface area contributed by atoms with Crippen molar-refractivity contribution in [2.45, 2.75) is 39.0 Å². The van der Waals surface area contributed by atoms with E-state index in [1.165, 1.54) is 0 Å². The summed E-state index contributed by atoms with van der Waals surface area (Å²) >= 11 is 0. The zero-order valence-corrected chi connectivity index (χ0v) is 10.6. The molecule has 0 spiro atoms. The summed E-state index contributed by atoms with van der Waals surface area (Å²) in [7, 11) is 0. The van der Waals surface area contributed by atoms with Gasteiger partial charge in [-0.3, -0.25) is 9.59 Å². The number of nitrogens with two attached hydrogens (primary N) is 1. The van der Waals surface area contributed by atoms with Gasteiger partial charge >= 0.3 is 0 Å². The van der Waals surface area contributed by atoms with Gasteiger partial charge in [-0.15, -0.1) is 0 Å². The summed E-state index contributed by atoms with van der Waals surface area (Å²) in [6.07, 6.45) is 4.22. The molecule has 0 aromatic carbocycles. The van der Waals surface area contributed by atoms with Gasteiger partial charge in [-0.05, 0) is 19.8 Å². The van der Waals surface area contributed by atoms with Gasteiger partial charge in [0, 0.05) is 26.1 Å². The molecular weight excluding hydrogens is 218 g/mol. The molecule has 1 aliphatic carbocycles. The van der Waals surface area contributed by atoms with E-state index in [1.807, 2.05) is 6.92 Å². The summed E-state index contributed by atoms with van der Waals surface area (Å²) < 4.78 is 0. The quantitative estimate of drug-likeness (QED) is 0.619. The second-order valence-electron chi connectivity index (χ2n) is 4.65. The molecule has 1 fully saturated rings. The van der Waals surface area contributed by atoms with Crippen molar-refractivity contribution < 1.29 is 9.59 Å². The molecule has 0 heterocycles. The molecule has 1 rings (SSSR count). The smallest absolute Gasteiger partial charge is 0.227 e. The minimum Gasteiger partial charge on any atom is -0.356 e. The molecular formula is C12H23N3O2. The Bertz CT molecular complexity index is 273. The van der Waals surface area contributed by atoms with E-state index in [4.69, 9.17) is 5.73 Å². The fourth-order valence-electron chi connectivity index (χ4n) is 2.34. The highest BCUT2D eigenvalue weighted by Crippen LogP contribution is 2.37. The molecule has 0 aliphatic heterocycles. The number of hydrogen-bond donors (Lipinski definition) is 3. The SMILES string of the molecule is CCNC(=O)CCNC(=O)C1(CN)CCCC1. The maximum Gasteiger partial charge on any atom is 0.227 e. The van der Waals surface area contributed by atoms with Gasteiger partial charge in [0.1, 0.15) is 0 Å². The van der Waals surface area contributed by atoms with Crippen LogP contribution in [0.5, 0.6) is 0 Å². The first-order valence-corrected chi connectivity index (χ1v) is 6.39. The summed E-state index contributed by atoms with van der Waals surface area (Å²) in [4.78, 5) is 23.2. The number of carbonyl (C=O) groups is 2. The van der Waals surface area contributed by atoms with Crippen molar-refractivity contribution in [2.75, 3.05) is 19.6 Å². The Kier molecular flexibility index (Phi) is 5.41. The van der Waals surface area contributed by atoms with E-state index >= 15 is 0 Å². The molecule has 0 aromatic rings. The Labute approximate surface area is 103 Å². The Balaban J connectivity index is 2.31. The molecule has 5 heteroatoms. The second-order valence-corrected chi connectivity index (χ2v) is 4.65. The lowest BCUT2D eigenvalue weighted by Gasteiger charge is -2.25. The predicted octanol–water partition coefficient (Wildman–Crippen LogP) is 0.148. The summed E-state index contributed by atoms with van der Waals surface area (Å²) in [6.45, 7) is 3.30. The van der Waals surface area contributed by atoms with Gasteiger partial charge in [0.15, 0.2) is 0 Å². The Hall–Kier alpha value is -1.10. The van der Waals surface area contributed by atoms with E-state index < -0.39 is 0 Å². The number of carbonyl (C=O) groups excluding carboxylic acids is 2.